The van der Waals surface area contributed by atoms with Crippen LogP contribution < -0.4 is 26.6 Å². The standard InChI is InChI=1S/C50H71N7O12/c1-9-10-12-17-40(59)51-37(27-41(60)61)45(63)55-43-31(7)69-50(68)42(29(4)5)54-46(64)38(26-32-15-13-11-14-16-32)56(8)49(67)39(24-28(2)3)57-30(6)18-23-35(48(57)66)52-44(62)36(53-47(43)65)25-33-19-21-34(58)22-20-33/h11,13-16,19-22,28-31,35-39,42-43,58H,9-10,12,17-18,23-27H2,1-8H3,(H,51,59)(H,52,62)(H,53,65)(H,54,64)(H,55,63)(H,60,61)/t30-,31-,35+,36+,37+,38+,39+,42+,43+/m1/s1. The van der Waals surface area contributed by atoms with Gasteiger partial charge in [-0.25, -0.2) is 4.79 Å². The van der Waals surface area contributed by atoms with Crippen LogP contribution in [0.3, 0.4) is 0 Å². The maximum absolute atomic E-state index is 14.9. The number of fused-ring (bicyclic) bond motifs is 2. The number of carbonyl (C=O) groups excluding carboxylic acids is 8. The Morgan fingerprint density at radius 2 is 1.45 bits per heavy atom. The topological polar surface area (TPSA) is 270 Å². The molecule has 69 heavy (non-hydrogen) atoms. The van der Waals surface area contributed by atoms with E-state index >= 15 is 0 Å². The number of rotatable bonds is 16. The summed E-state index contributed by atoms with van der Waals surface area (Å²) in [5, 5.41) is 32.8. The number of unbranched alkanes of at least 4 members (excludes halogenated alkanes) is 2. The first-order chi connectivity index (χ1) is 32.6. The fourth-order valence-corrected chi connectivity index (χ4v) is 8.59. The zero-order valence-electron chi connectivity index (χ0n) is 41.0. The Morgan fingerprint density at radius 3 is 2.06 bits per heavy atom. The number of piperidine rings is 1. The molecule has 2 fully saturated rings. The van der Waals surface area contributed by atoms with E-state index < -0.39 is 120 Å². The Labute approximate surface area is 404 Å². The molecule has 0 saturated carbocycles. The molecule has 2 heterocycles. The normalized spacial score (nSPS) is 24.8. The first-order valence-electron chi connectivity index (χ1n) is 23.9. The van der Waals surface area contributed by atoms with Crippen molar-refractivity contribution < 1.29 is 58.1 Å². The number of hydrogen-bond donors (Lipinski definition) is 7. The first kappa shape index (κ1) is 55.1. The van der Waals surface area contributed by atoms with E-state index in [4.69, 9.17) is 4.74 Å². The lowest BCUT2D eigenvalue weighted by molar-refractivity contribution is -0.158. The molecule has 0 unspecified atom stereocenters. The molecule has 2 saturated heterocycles. The zero-order valence-corrected chi connectivity index (χ0v) is 41.0. The Hall–Kier alpha value is -6.53. The van der Waals surface area contributed by atoms with Crippen molar-refractivity contribution in [1.82, 2.24) is 36.4 Å². The highest BCUT2D eigenvalue weighted by molar-refractivity contribution is 5.99. The van der Waals surface area contributed by atoms with Crippen LogP contribution in [0.15, 0.2) is 54.6 Å². The number of cyclic esters (lactones) is 1. The number of aromatic hydroxyl groups is 1. The summed E-state index contributed by atoms with van der Waals surface area (Å²) in [6, 6.07) is 4.47. The number of phenols is 1. The number of hydrogen-bond acceptors (Lipinski definition) is 11. The van der Waals surface area contributed by atoms with Gasteiger partial charge in [0, 0.05) is 32.4 Å². The molecule has 7 amide bonds. The van der Waals surface area contributed by atoms with Crippen LogP contribution >= 0.6 is 0 Å². The number of likely N-dealkylation sites (N-methyl/N-ethyl adjacent to an activating group) is 1. The van der Waals surface area contributed by atoms with Gasteiger partial charge in [-0.05, 0) is 74.6 Å². The molecule has 0 radical (unpaired) electrons. The van der Waals surface area contributed by atoms with Gasteiger partial charge in [-0.2, -0.15) is 0 Å². The summed E-state index contributed by atoms with van der Waals surface area (Å²) in [4.78, 5) is 129. The quantitative estimate of drug-likeness (QED) is 0.0946. The molecule has 2 bridgehead atoms. The van der Waals surface area contributed by atoms with E-state index in [9.17, 15) is 53.4 Å². The third-order valence-corrected chi connectivity index (χ3v) is 12.5. The fourth-order valence-electron chi connectivity index (χ4n) is 8.59. The van der Waals surface area contributed by atoms with E-state index in [0.717, 1.165) is 6.42 Å². The monoisotopic (exact) mass is 962 g/mol. The Bertz CT molecular complexity index is 2130. The second-order valence-corrected chi connectivity index (χ2v) is 19.0. The van der Waals surface area contributed by atoms with Gasteiger partial charge in [0.15, 0.2) is 0 Å². The number of carbonyl (C=O) groups is 9. The molecule has 0 aliphatic carbocycles. The van der Waals surface area contributed by atoms with Gasteiger partial charge >= 0.3 is 11.9 Å². The lowest BCUT2D eigenvalue weighted by Gasteiger charge is -2.44. The highest BCUT2D eigenvalue weighted by Gasteiger charge is 2.45. The summed E-state index contributed by atoms with van der Waals surface area (Å²) in [5.41, 5.74) is 1.17. The molecule has 2 aliphatic rings. The fraction of sp³-hybridized carbons (Fsp3) is 0.580. The van der Waals surface area contributed by atoms with Crippen LogP contribution in [-0.2, 0) is 60.7 Å². The molecule has 4 rings (SSSR count). The molecule has 9 atom stereocenters. The molecular weight excluding hydrogens is 891 g/mol. The van der Waals surface area contributed by atoms with Gasteiger partial charge in [0.1, 0.15) is 54.1 Å². The summed E-state index contributed by atoms with van der Waals surface area (Å²) >= 11 is 0. The Kier molecular flexibility index (Phi) is 20.5. The van der Waals surface area contributed by atoms with Gasteiger partial charge in [0.2, 0.25) is 41.4 Å². The van der Waals surface area contributed by atoms with Crippen LogP contribution in [-0.4, -0.2) is 135 Å². The van der Waals surface area contributed by atoms with Crippen LogP contribution in [0.1, 0.15) is 111 Å². The summed E-state index contributed by atoms with van der Waals surface area (Å²) in [7, 11) is 1.47. The van der Waals surface area contributed by atoms with Crippen molar-refractivity contribution >= 4 is 53.3 Å². The molecule has 19 heteroatoms. The molecule has 0 spiro atoms. The summed E-state index contributed by atoms with van der Waals surface area (Å²) in [6.07, 6.45) is 0.117. The number of nitrogens with zero attached hydrogens (tertiary/aromatic N) is 2. The van der Waals surface area contributed by atoms with Gasteiger partial charge in [-0.15, -0.1) is 0 Å². The molecule has 378 valence electrons. The van der Waals surface area contributed by atoms with Crippen molar-refractivity contribution in [3.05, 3.63) is 65.7 Å². The number of amides is 7. The largest absolute Gasteiger partial charge is 0.508 e. The highest BCUT2D eigenvalue weighted by Crippen LogP contribution is 2.27. The van der Waals surface area contributed by atoms with Crippen LogP contribution in [0.5, 0.6) is 5.75 Å². The smallest absolute Gasteiger partial charge is 0.329 e. The first-order valence-corrected chi connectivity index (χ1v) is 23.9. The third-order valence-electron chi connectivity index (χ3n) is 12.5. The predicted molar refractivity (Wildman–Crippen MR) is 254 cm³/mol. The average molecular weight is 962 g/mol. The second-order valence-electron chi connectivity index (χ2n) is 19.0. The number of esters is 1. The number of nitrogens with one attached hydrogen (secondary N) is 5. The van der Waals surface area contributed by atoms with Crippen molar-refractivity contribution in [2.75, 3.05) is 7.05 Å². The van der Waals surface area contributed by atoms with Crippen LogP contribution in [0.2, 0.25) is 0 Å². The van der Waals surface area contributed by atoms with Gasteiger partial charge < -0.3 is 51.3 Å². The van der Waals surface area contributed by atoms with Gasteiger partial charge in [-0.3, -0.25) is 38.4 Å². The number of benzene rings is 2. The maximum Gasteiger partial charge on any atom is 0.329 e. The van der Waals surface area contributed by atoms with Crippen LogP contribution in [0, 0.1) is 11.8 Å². The molecule has 7 N–H and O–H groups in total. The van der Waals surface area contributed by atoms with E-state index in [0.29, 0.717) is 30.4 Å². The van der Waals surface area contributed by atoms with E-state index in [1.807, 2.05) is 20.8 Å². The molecule has 19 nitrogen and oxygen atoms in total. The lowest BCUT2D eigenvalue weighted by atomic mass is 9.91. The van der Waals surface area contributed by atoms with E-state index in [1.54, 1.807) is 51.1 Å². The average Bonchev–Trinajstić information content (AvgIpc) is 3.28. The maximum atomic E-state index is 14.9. The minimum atomic E-state index is -1.84. The van der Waals surface area contributed by atoms with Crippen molar-refractivity contribution in [3.63, 3.8) is 0 Å². The van der Waals surface area contributed by atoms with Crippen LogP contribution in [0.4, 0.5) is 0 Å². The molecular formula is C50H71N7O12. The number of carboxylic acids is 1. The predicted octanol–water partition coefficient (Wildman–Crippen LogP) is 2.51. The van der Waals surface area contributed by atoms with E-state index in [2.05, 4.69) is 26.6 Å². The number of carboxylic acid groups (broad SMARTS) is 1. The molecule has 2 aromatic carbocycles. The van der Waals surface area contributed by atoms with Crippen molar-refractivity contribution in [2.24, 2.45) is 11.8 Å². The van der Waals surface area contributed by atoms with Gasteiger partial charge in [-0.1, -0.05) is 89.9 Å². The SMILES string of the molecule is CCCCCC(=O)N[C@@H](CC(=O)O)C(=O)N[C@@H]1C(=O)N[C@@H](Cc2ccc(O)cc2)C(=O)N[C@H]2CC[C@@H](C)N(C2=O)[C@@H](CC(C)C)C(=O)N(C)[C@@H](Cc2ccccc2)C(=O)N[C@@H](C(C)C)C(=O)O[C@@H]1C. The van der Waals surface area contributed by atoms with Crippen LogP contribution in [0.25, 0.3) is 0 Å². The molecule has 2 aromatic rings. The Balaban J connectivity index is 1.87. The number of ether oxygens (including phenoxy) is 1. The number of phenolic OH excluding ortho intramolecular Hbond substituents is 1. The van der Waals surface area contributed by atoms with Crippen molar-refractivity contribution in [2.45, 2.75) is 167 Å². The second kappa shape index (κ2) is 25.7. The highest BCUT2D eigenvalue weighted by atomic mass is 16.5. The minimum absolute atomic E-state index is 0.000240. The minimum Gasteiger partial charge on any atom is -0.508 e. The van der Waals surface area contributed by atoms with Gasteiger partial charge in [0.05, 0.1) is 6.42 Å². The van der Waals surface area contributed by atoms with E-state index in [-0.39, 0.29) is 43.8 Å². The molecule has 0 aromatic heterocycles. The summed E-state index contributed by atoms with van der Waals surface area (Å²) < 4.78 is 5.87. The third kappa shape index (κ3) is 15.8. The molecule has 2 aliphatic heterocycles. The van der Waals surface area contributed by atoms with Crippen molar-refractivity contribution in [3.8, 4) is 5.75 Å². The number of aliphatic carboxylic acids is 1. The Morgan fingerprint density at radius 1 is 0.797 bits per heavy atom. The lowest BCUT2D eigenvalue weighted by Crippen LogP contribution is -2.64. The van der Waals surface area contributed by atoms with E-state index in [1.165, 1.54) is 48.0 Å². The van der Waals surface area contributed by atoms with Gasteiger partial charge in [0.25, 0.3) is 0 Å². The van der Waals surface area contributed by atoms with Crippen molar-refractivity contribution in [1.29, 1.82) is 0 Å². The summed E-state index contributed by atoms with van der Waals surface area (Å²) in [5.74, 6) is -8.66. The zero-order chi connectivity index (χ0) is 51.1. The summed E-state index contributed by atoms with van der Waals surface area (Å²) in [6.45, 7) is 12.1.